The summed E-state index contributed by atoms with van der Waals surface area (Å²) in [6.07, 6.45) is 1.70. The van der Waals surface area contributed by atoms with E-state index < -0.39 is 0 Å². The third-order valence-electron chi connectivity index (χ3n) is 4.46. The van der Waals surface area contributed by atoms with Crippen molar-refractivity contribution in [2.75, 3.05) is 34.3 Å². The molecule has 0 saturated carbocycles. The zero-order chi connectivity index (χ0) is 23.5. The minimum atomic E-state index is -0.373. The number of imide groups is 1. The van der Waals surface area contributed by atoms with Crippen LogP contribution in [0, 0.1) is 0 Å². The average molecular weight is 438 g/mol. The number of rotatable bonds is 3. The number of aromatic hydroxyl groups is 1. The van der Waals surface area contributed by atoms with E-state index in [1.54, 1.807) is 6.08 Å². The number of aliphatic hydroxyl groups excluding tert-OH is 1. The standard InChI is InChI=1S/C18H23NO3S.C5H14NO/c1-17(2,3)11-7-10(8-12(14(11)20)18(4,5)6)9-13-15(21)19-16(22)23-13;1-6(2,3)4-5-7/h7-9,20H,1-6H3,(H,19,21,22);7H,4-5H2,1-3H3/q;+1. The van der Waals surface area contributed by atoms with Crippen LogP contribution in [0.1, 0.15) is 58.2 Å². The summed E-state index contributed by atoms with van der Waals surface area (Å²) < 4.78 is 0.844. The van der Waals surface area contributed by atoms with Crippen LogP contribution in [-0.2, 0) is 15.6 Å². The molecule has 7 heteroatoms. The molecular weight excluding hydrogens is 400 g/mol. The number of hydrogen-bond donors (Lipinski definition) is 3. The first-order valence-electron chi connectivity index (χ1n) is 10.00. The van der Waals surface area contributed by atoms with Gasteiger partial charge in [-0.1, -0.05) is 41.5 Å². The minimum absolute atomic E-state index is 0.237. The molecule has 1 heterocycles. The number of quaternary nitrogens is 1. The Morgan fingerprint density at radius 2 is 1.47 bits per heavy atom. The van der Waals surface area contributed by atoms with Crippen molar-refractivity contribution in [1.82, 2.24) is 5.32 Å². The van der Waals surface area contributed by atoms with Gasteiger partial charge in [0, 0.05) is 11.1 Å². The third-order valence-corrected chi connectivity index (χ3v) is 5.27. The molecule has 1 saturated heterocycles. The first kappa shape index (κ1) is 26.2. The van der Waals surface area contributed by atoms with Gasteiger partial charge in [-0.25, -0.2) is 0 Å². The molecule has 0 unspecified atom stereocenters. The van der Waals surface area contributed by atoms with E-state index in [9.17, 15) is 14.7 Å². The van der Waals surface area contributed by atoms with Crippen molar-refractivity contribution in [3.63, 3.8) is 0 Å². The van der Waals surface area contributed by atoms with Gasteiger partial charge < -0.3 is 14.7 Å². The fourth-order valence-corrected chi connectivity index (χ4v) is 3.44. The number of phenolic OH excluding ortho intramolecular Hbond substituents is 1. The molecule has 1 aliphatic heterocycles. The summed E-state index contributed by atoms with van der Waals surface area (Å²) in [7, 11) is 6.16. The van der Waals surface area contributed by atoms with Gasteiger partial charge in [0.15, 0.2) is 0 Å². The maximum absolute atomic E-state index is 11.7. The van der Waals surface area contributed by atoms with Crippen molar-refractivity contribution in [2.45, 2.75) is 52.4 Å². The van der Waals surface area contributed by atoms with Crippen molar-refractivity contribution >= 4 is 29.0 Å². The lowest BCUT2D eigenvalue weighted by Crippen LogP contribution is -2.36. The summed E-state index contributed by atoms with van der Waals surface area (Å²) in [6.45, 7) is 13.3. The molecule has 1 aromatic rings. The largest absolute Gasteiger partial charge is 0.507 e. The molecule has 1 aliphatic rings. The third kappa shape index (κ3) is 7.78. The van der Waals surface area contributed by atoms with Gasteiger partial charge in [-0.2, -0.15) is 0 Å². The van der Waals surface area contributed by atoms with E-state index in [2.05, 4.69) is 26.5 Å². The second-order valence-electron chi connectivity index (χ2n) is 10.6. The van der Waals surface area contributed by atoms with Crippen LogP contribution in [0.2, 0.25) is 0 Å². The molecule has 30 heavy (non-hydrogen) atoms. The van der Waals surface area contributed by atoms with Gasteiger partial charge in [-0.15, -0.1) is 0 Å². The van der Waals surface area contributed by atoms with Gasteiger partial charge in [0.25, 0.3) is 11.1 Å². The Morgan fingerprint density at radius 1 is 1.00 bits per heavy atom. The highest BCUT2D eigenvalue weighted by Crippen LogP contribution is 2.40. The summed E-state index contributed by atoms with van der Waals surface area (Å²) in [5, 5.41) is 21.0. The Labute approximate surface area is 185 Å². The summed E-state index contributed by atoms with van der Waals surface area (Å²) in [6, 6.07) is 3.77. The van der Waals surface area contributed by atoms with Crippen molar-refractivity contribution in [2.24, 2.45) is 0 Å². The van der Waals surface area contributed by atoms with Crippen molar-refractivity contribution in [3.8, 4) is 5.75 Å². The Hall–Kier alpha value is -1.83. The number of aliphatic hydroxyl groups is 1. The Bertz CT molecular complexity index is 790. The highest BCUT2D eigenvalue weighted by molar-refractivity contribution is 8.18. The highest BCUT2D eigenvalue weighted by atomic mass is 32.2. The molecule has 168 valence electrons. The van der Waals surface area contributed by atoms with Gasteiger partial charge in [0.05, 0.1) is 32.7 Å². The number of amides is 2. The fraction of sp³-hybridized carbons (Fsp3) is 0.565. The maximum Gasteiger partial charge on any atom is 0.290 e. The van der Waals surface area contributed by atoms with Gasteiger partial charge in [0.2, 0.25) is 0 Å². The number of nitrogens with one attached hydrogen (secondary N) is 1. The predicted molar refractivity (Wildman–Crippen MR) is 125 cm³/mol. The van der Waals surface area contributed by atoms with Crippen LogP contribution in [0.3, 0.4) is 0 Å². The molecule has 2 rings (SSSR count). The number of hydrogen-bond acceptors (Lipinski definition) is 5. The lowest BCUT2D eigenvalue weighted by Gasteiger charge is -2.28. The predicted octanol–water partition coefficient (Wildman–Crippen LogP) is 4.00. The molecule has 0 atom stereocenters. The quantitative estimate of drug-likeness (QED) is 0.492. The van der Waals surface area contributed by atoms with Crippen molar-refractivity contribution < 1.29 is 24.3 Å². The molecule has 0 spiro atoms. The molecule has 0 aromatic heterocycles. The molecule has 6 nitrogen and oxygen atoms in total. The molecule has 0 aliphatic carbocycles. The van der Waals surface area contributed by atoms with Crippen molar-refractivity contribution in [3.05, 3.63) is 33.7 Å². The van der Waals surface area contributed by atoms with Gasteiger partial charge in [-0.3, -0.25) is 14.9 Å². The van der Waals surface area contributed by atoms with Crippen LogP contribution >= 0.6 is 11.8 Å². The van der Waals surface area contributed by atoms with Crippen LogP contribution < -0.4 is 5.32 Å². The number of thioether (sulfide) groups is 1. The van der Waals surface area contributed by atoms with Crippen LogP contribution in [0.5, 0.6) is 5.75 Å². The maximum atomic E-state index is 11.7. The van der Waals surface area contributed by atoms with Crippen molar-refractivity contribution in [1.29, 1.82) is 0 Å². The molecule has 0 bridgehead atoms. The van der Waals surface area contributed by atoms with E-state index in [1.807, 2.05) is 53.7 Å². The number of nitrogens with zero attached hydrogens (tertiary/aromatic N) is 1. The van der Waals surface area contributed by atoms with E-state index in [1.165, 1.54) is 0 Å². The molecule has 2 amide bonds. The topological polar surface area (TPSA) is 86.6 Å². The monoisotopic (exact) mass is 437 g/mol. The Balaban J connectivity index is 0.000000553. The first-order valence-corrected chi connectivity index (χ1v) is 10.8. The average Bonchev–Trinajstić information content (AvgIpc) is 2.83. The summed E-state index contributed by atoms with van der Waals surface area (Å²) in [5.41, 5.74) is 1.99. The highest BCUT2D eigenvalue weighted by Gasteiger charge is 2.28. The van der Waals surface area contributed by atoms with E-state index in [0.717, 1.165) is 39.5 Å². The number of carbonyl (C=O) groups is 2. The number of carbonyl (C=O) groups excluding carboxylic acids is 2. The van der Waals surface area contributed by atoms with Crippen LogP contribution in [-0.4, -0.2) is 60.1 Å². The van der Waals surface area contributed by atoms with Gasteiger partial charge in [-0.05, 0) is 46.4 Å². The van der Waals surface area contributed by atoms with Crippen LogP contribution in [0.4, 0.5) is 4.79 Å². The molecule has 1 aromatic carbocycles. The van der Waals surface area contributed by atoms with Crippen LogP contribution in [0.15, 0.2) is 17.0 Å². The van der Waals surface area contributed by atoms with E-state index in [4.69, 9.17) is 5.11 Å². The van der Waals surface area contributed by atoms with E-state index in [-0.39, 0.29) is 28.6 Å². The van der Waals surface area contributed by atoms with Gasteiger partial charge >= 0.3 is 0 Å². The fourth-order valence-electron chi connectivity index (χ4n) is 2.76. The SMILES string of the molecule is CC(C)(C)c1cc(C=C2SC(=O)NC2=O)cc(C(C)(C)C)c1O.C[N+](C)(C)CCO. The van der Waals surface area contributed by atoms with E-state index >= 15 is 0 Å². The van der Waals surface area contributed by atoms with Crippen LogP contribution in [0.25, 0.3) is 6.08 Å². The minimum Gasteiger partial charge on any atom is -0.507 e. The number of likely N-dealkylation sites (N-methyl/N-ethyl adjacent to an activating group) is 1. The molecule has 1 fully saturated rings. The smallest absolute Gasteiger partial charge is 0.290 e. The summed E-state index contributed by atoms with van der Waals surface area (Å²) in [5.74, 6) is -0.0746. The Morgan fingerprint density at radius 3 is 1.73 bits per heavy atom. The molecule has 0 radical (unpaired) electrons. The normalized spacial score (nSPS) is 16.4. The first-order chi connectivity index (χ1) is 13.5. The number of phenols is 1. The van der Waals surface area contributed by atoms with Gasteiger partial charge in [0.1, 0.15) is 12.3 Å². The Kier molecular flexibility index (Phi) is 8.33. The summed E-state index contributed by atoms with van der Waals surface area (Å²) in [4.78, 5) is 23.4. The lowest BCUT2D eigenvalue weighted by atomic mass is 9.78. The second kappa shape index (κ2) is 9.54. The summed E-state index contributed by atoms with van der Waals surface area (Å²) >= 11 is 0.898. The zero-order valence-corrected chi connectivity index (χ0v) is 20.5. The molecular formula is C23H37N2O4S+. The molecule has 3 N–H and O–H groups in total. The lowest BCUT2D eigenvalue weighted by molar-refractivity contribution is -0.870. The number of benzene rings is 1. The zero-order valence-electron chi connectivity index (χ0n) is 19.7. The second-order valence-corrected chi connectivity index (χ2v) is 11.6. The van der Waals surface area contributed by atoms with E-state index in [0.29, 0.717) is 10.7 Å².